The van der Waals surface area contributed by atoms with Crippen LogP contribution >= 0.6 is 0 Å². The Labute approximate surface area is 178 Å². The predicted octanol–water partition coefficient (Wildman–Crippen LogP) is 4.57. The minimum atomic E-state index is 0.152. The zero-order valence-electron chi connectivity index (χ0n) is 17.6. The van der Waals surface area contributed by atoms with Crippen LogP contribution in [0.2, 0.25) is 0 Å². The second kappa shape index (κ2) is 9.16. The first-order valence-electron chi connectivity index (χ1n) is 10.8. The van der Waals surface area contributed by atoms with E-state index in [-0.39, 0.29) is 11.8 Å². The van der Waals surface area contributed by atoms with Crippen molar-refractivity contribution in [3.8, 4) is 5.75 Å². The van der Waals surface area contributed by atoms with Crippen LogP contribution in [0.15, 0.2) is 61.2 Å². The van der Waals surface area contributed by atoms with Crippen molar-refractivity contribution in [2.75, 3.05) is 19.7 Å². The summed E-state index contributed by atoms with van der Waals surface area (Å²) >= 11 is 0. The van der Waals surface area contributed by atoms with Gasteiger partial charge >= 0.3 is 0 Å². The van der Waals surface area contributed by atoms with E-state index in [9.17, 15) is 4.79 Å². The van der Waals surface area contributed by atoms with Crippen molar-refractivity contribution >= 4 is 16.9 Å². The van der Waals surface area contributed by atoms with Crippen LogP contribution in [-0.4, -0.2) is 40.1 Å². The van der Waals surface area contributed by atoms with E-state index in [0.29, 0.717) is 13.0 Å². The average Bonchev–Trinajstić information content (AvgIpc) is 3.32. The van der Waals surface area contributed by atoms with Crippen molar-refractivity contribution < 1.29 is 9.53 Å². The molecule has 0 spiro atoms. The third-order valence-corrected chi connectivity index (χ3v) is 5.77. The highest BCUT2D eigenvalue weighted by Crippen LogP contribution is 2.30. The standard InChI is InChI=1S/C25H29N3O2/c1-3-10-19-11-5-8-14-23(19)30-16-9-15-28-22-13-7-6-12-21(22)26-25(28)20-17-24(29)27(4-2)18-20/h3,5-8,11-14,20H,1,4,9-10,15-18H2,2H3. The van der Waals surface area contributed by atoms with Crippen molar-refractivity contribution in [2.24, 2.45) is 0 Å². The van der Waals surface area contributed by atoms with Crippen LogP contribution in [-0.2, 0) is 17.8 Å². The summed E-state index contributed by atoms with van der Waals surface area (Å²) in [6, 6.07) is 16.3. The Hall–Kier alpha value is -3.08. The Morgan fingerprint density at radius 1 is 1.20 bits per heavy atom. The number of aromatic nitrogens is 2. The van der Waals surface area contributed by atoms with Crippen LogP contribution in [0.1, 0.15) is 37.1 Å². The van der Waals surface area contributed by atoms with Crippen LogP contribution < -0.4 is 4.74 Å². The van der Waals surface area contributed by atoms with Crippen LogP contribution in [0.5, 0.6) is 5.75 Å². The first kappa shape index (κ1) is 20.2. The van der Waals surface area contributed by atoms with Gasteiger partial charge in [-0.25, -0.2) is 4.98 Å². The van der Waals surface area contributed by atoms with E-state index in [4.69, 9.17) is 9.72 Å². The fourth-order valence-corrected chi connectivity index (χ4v) is 4.27. The molecule has 5 heteroatoms. The van der Waals surface area contributed by atoms with E-state index >= 15 is 0 Å². The summed E-state index contributed by atoms with van der Waals surface area (Å²) in [5, 5.41) is 0. The molecular weight excluding hydrogens is 374 g/mol. The van der Waals surface area contributed by atoms with Crippen LogP contribution in [0.25, 0.3) is 11.0 Å². The molecule has 30 heavy (non-hydrogen) atoms. The molecule has 1 saturated heterocycles. The number of ether oxygens (including phenoxy) is 1. The molecule has 1 atom stereocenters. The minimum absolute atomic E-state index is 0.152. The maximum Gasteiger partial charge on any atom is 0.223 e. The molecular formula is C25H29N3O2. The number of aryl methyl sites for hydroxylation is 1. The lowest BCUT2D eigenvalue weighted by Gasteiger charge is -2.16. The number of rotatable bonds is 9. The van der Waals surface area contributed by atoms with Crippen LogP contribution in [0, 0.1) is 0 Å². The largest absolute Gasteiger partial charge is 0.493 e. The lowest BCUT2D eigenvalue weighted by molar-refractivity contribution is -0.127. The number of allylic oxidation sites excluding steroid dienone is 1. The van der Waals surface area contributed by atoms with Gasteiger partial charge < -0.3 is 14.2 Å². The first-order valence-corrected chi connectivity index (χ1v) is 10.8. The third-order valence-electron chi connectivity index (χ3n) is 5.77. The first-order chi connectivity index (χ1) is 14.7. The SMILES string of the molecule is C=CCc1ccccc1OCCCn1c(C2CC(=O)N(CC)C2)nc2ccccc21. The molecule has 0 aliphatic carbocycles. The number of nitrogens with zero attached hydrogens (tertiary/aromatic N) is 3. The van der Waals surface area contributed by atoms with Gasteiger partial charge in [0.25, 0.3) is 0 Å². The molecule has 0 radical (unpaired) electrons. The fraction of sp³-hybridized carbons (Fsp3) is 0.360. The van der Waals surface area contributed by atoms with Gasteiger partial charge in [-0.3, -0.25) is 4.79 Å². The molecule has 2 heterocycles. The average molecular weight is 404 g/mol. The van der Waals surface area contributed by atoms with E-state index in [1.54, 1.807) is 0 Å². The number of benzene rings is 2. The second-order valence-corrected chi connectivity index (χ2v) is 7.75. The van der Waals surface area contributed by atoms with Gasteiger partial charge in [-0.05, 0) is 43.5 Å². The number of carbonyl (C=O) groups excluding carboxylic acids is 1. The summed E-state index contributed by atoms with van der Waals surface area (Å²) < 4.78 is 8.36. The molecule has 1 fully saturated rings. The Balaban J connectivity index is 1.49. The van der Waals surface area contributed by atoms with E-state index in [1.165, 1.54) is 0 Å². The Morgan fingerprint density at radius 3 is 2.80 bits per heavy atom. The Bertz CT molecular complexity index is 1040. The second-order valence-electron chi connectivity index (χ2n) is 7.75. The normalized spacial score (nSPS) is 16.4. The molecule has 0 bridgehead atoms. The minimum Gasteiger partial charge on any atom is -0.493 e. The van der Waals surface area contributed by atoms with Crippen molar-refractivity contribution in [2.45, 2.75) is 38.6 Å². The Morgan fingerprint density at radius 2 is 2.00 bits per heavy atom. The lowest BCUT2D eigenvalue weighted by Crippen LogP contribution is -2.24. The molecule has 1 aliphatic rings. The van der Waals surface area contributed by atoms with Crippen LogP contribution in [0.3, 0.4) is 0 Å². The summed E-state index contributed by atoms with van der Waals surface area (Å²) in [7, 11) is 0. The predicted molar refractivity (Wildman–Crippen MR) is 120 cm³/mol. The number of likely N-dealkylation sites (tertiary alicyclic amines) is 1. The highest BCUT2D eigenvalue weighted by Gasteiger charge is 2.33. The van der Waals surface area contributed by atoms with Gasteiger partial charge in [-0.2, -0.15) is 0 Å². The van der Waals surface area contributed by atoms with E-state index in [0.717, 1.165) is 60.6 Å². The zero-order valence-corrected chi connectivity index (χ0v) is 17.6. The molecule has 0 saturated carbocycles. The van der Waals surface area contributed by atoms with E-state index < -0.39 is 0 Å². The summed E-state index contributed by atoms with van der Waals surface area (Å²) in [4.78, 5) is 19.1. The highest BCUT2D eigenvalue weighted by molar-refractivity contribution is 5.80. The number of imidazole rings is 1. The summed E-state index contributed by atoms with van der Waals surface area (Å²) in [6.07, 6.45) is 4.11. The molecule has 1 aromatic heterocycles. The molecule has 3 aromatic rings. The van der Waals surface area contributed by atoms with Crippen molar-refractivity contribution in [1.82, 2.24) is 14.5 Å². The maximum absolute atomic E-state index is 12.3. The van der Waals surface area contributed by atoms with E-state index in [1.807, 2.05) is 54.3 Å². The van der Waals surface area contributed by atoms with Crippen molar-refractivity contribution in [3.05, 3.63) is 72.6 Å². The third kappa shape index (κ3) is 4.11. The molecule has 2 aromatic carbocycles. The smallest absolute Gasteiger partial charge is 0.223 e. The molecule has 1 unspecified atom stereocenters. The van der Waals surface area contributed by atoms with Crippen molar-refractivity contribution in [1.29, 1.82) is 0 Å². The van der Waals surface area contributed by atoms with Gasteiger partial charge in [0, 0.05) is 32.0 Å². The highest BCUT2D eigenvalue weighted by atomic mass is 16.5. The van der Waals surface area contributed by atoms with Gasteiger partial charge in [-0.15, -0.1) is 6.58 Å². The molecule has 5 nitrogen and oxygen atoms in total. The summed E-state index contributed by atoms with van der Waals surface area (Å²) in [6.45, 7) is 8.82. The number of hydrogen-bond donors (Lipinski definition) is 0. The molecule has 156 valence electrons. The lowest BCUT2D eigenvalue weighted by atomic mass is 10.1. The molecule has 4 rings (SSSR count). The maximum atomic E-state index is 12.3. The zero-order chi connectivity index (χ0) is 20.9. The number of para-hydroxylation sites is 3. The molecule has 1 aliphatic heterocycles. The van der Waals surface area contributed by atoms with Gasteiger partial charge in [-0.1, -0.05) is 36.4 Å². The molecule has 0 N–H and O–H groups in total. The fourth-order valence-electron chi connectivity index (χ4n) is 4.27. The number of fused-ring (bicyclic) bond motifs is 1. The van der Waals surface area contributed by atoms with Gasteiger partial charge in [0.15, 0.2) is 0 Å². The number of likely N-dealkylation sites (N-methyl/N-ethyl adjacent to an activating group) is 1. The van der Waals surface area contributed by atoms with Crippen LogP contribution in [0.4, 0.5) is 0 Å². The van der Waals surface area contributed by atoms with E-state index in [2.05, 4.69) is 23.3 Å². The summed E-state index contributed by atoms with van der Waals surface area (Å²) in [5.41, 5.74) is 3.28. The van der Waals surface area contributed by atoms with Gasteiger partial charge in [0.2, 0.25) is 5.91 Å². The van der Waals surface area contributed by atoms with Gasteiger partial charge in [0.05, 0.1) is 17.6 Å². The Kier molecular flexibility index (Phi) is 6.17. The van der Waals surface area contributed by atoms with Gasteiger partial charge in [0.1, 0.15) is 11.6 Å². The number of hydrogen-bond acceptors (Lipinski definition) is 3. The number of carbonyl (C=O) groups is 1. The number of amides is 1. The quantitative estimate of drug-likeness (QED) is 0.388. The van der Waals surface area contributed by atoms with Crippen molar-refractivity contribution in [3.63, 3.8) is 0 Å². The summed E-state index contributed by atoms with van der Waals surface area (Å²) in [5.74, 6) is 2.32. The monoisotopic (exact) mass is 403 g/mol. The molecule has 1 amide bonds. The topological polar surface area (TPSA) is 47.4 Å².